The number of benzene rings is 2. The summed E-state index contributed by atoms with van der Waals surface area (Å²) in [6, 6.07) is 14.3. The number of amides is 1. The quantitative estimate of drug-likeness (QED) is 0.554. The van der Waals surface area contributed by atoms with Crippen LogP contribution in [0.25, 0.3) is 0 Å². The first-order valence-electron chi connectivity index (χ1n) is 12.7. The molecular formula is C28H35N3O4. The largest absolute Gasteiger partial charge is 0.507 e. The lowest BCUT2D eigenvalue weighted by Gasteiger charge is -2.73. The van der Waals surface area contributed by atoms with E-state index in [0.29, 0.717) is 12.6 Å². The van der Waals surface area contributed by atoms with Crippen LogP contribution in [-0.2, 0) is 28.0 Å². The predicted octanol–water partition coefficient (Wildman–Crippen LogP) is 3.04. The van der Waals surface area contributed by atoms with Gasteiger partial charge in [0, 0.05) is 24.1 Å². The van der Waals surface area contributed by atoms with Crippen LogP contribution in [0.1, 0.15) is 59.2 Å². The zero-order valence-corrected chi connectivity index (χ0v) is 20.5. The van der Waals surface area contributed by atoms with E-state index in [1.807, 2.05) is 24.3 Å². The van der Waals surface area contributed by atoms with Crippen LogP contribution in [0.2, 0.25) is 0 Å². The Labute approximate surface area is 206 Å². The first-order chi connectivity index (χ1) is 16.9. The second kappa shape index (κ2) is 8.03. The minimum Gasteiger partial charge on any atom is -0.507 e. The number of nitrogens with two attached hydrogens (primary N) is 1. The molecule has 7 rings (SSSR count). The predicted molar refractivity (Wildman–Crippen MR) is 132 cm³/mol. The van der Waals surface area contributed by atoms with Gasteiger partial charge < -0.3 is 20.5 Å². The molecule has 5 unspecified atom stereocenters. The highest BCUT2D eigenvalue weighted by molar-refractivity contribution is 5.96. The van der Waals surface area contributed by atoms with Crippen LogP contribution in [0, 0.1) is 5.41 Å². The number of aromatic hydroxyl groups is 1. The van der Waals surface area contributed by atoms with Crippen LogP contribution in [0.3, 0.4) is 0 Å². The summed E-state index contributed by atoms with van der Waals surface area (Å²) in [4.78, 5) is 20.7. The van der Waals surface area contributed by atoms with E-state index < -0.39 is 11.5 Å². The van der Waals surface area contributed by atoms with Gasteiger partial charge >= 0.3 is 0 Å². The van der Waals surface area contributed by atoms with Crippen molar-refractivity contribution in [3.63, 3.8) is 0 Å². The number of hydroxylamine groups is 1. The zero-order valence-electron chi connectivity index (χ0n) is 20.5. The minimum atomic E-state index is -0.581. The molecule has 1 heterocycles. The Kier molecular flexibility index (Phi) is 5.27. The highest BCUT2D eigenvalue weighted by Crippen LogP contribution is 2.72. The standard InChI is InChI=1S/C28H35N3O4/c1-31-13-12-27-17-28(34-2)11-10-26(27,15-21(28)30-35-16-18-6-4-3-5-7-18)22(31)14-19-8-9-20(25(29)33)24(32)23(19)27/h3-9,21-22,30,32H,10-17H2,1-2H3,(H2,29,33). The van der Waals surface area contributed by atoms with Gasteiger partial charge in [-0.15, -0.1) is 0 Å². The van der Waals surface area contributed by atoms with Crippen molar-refractivity contribution in [2.24, 2.45) is 11.1 Å². The molecule has 7 heteroatoms. The molecule has 2 aromatic rings. The number of ether oxygens (including phenoxy) is 1. The Morgan fingerprint density at radius 3 is 2.74 bits per heavy atom. The van der Waals surface area contributed by atoms with E-state index in [9.17, 15) is 9.90 Å². The lowest BCUT2D eigenvalue weighted by Crippen LogP contribution is -2.77. The van der Waals surface area contributed by atoms with Crippen LogP contribution < -0.4 is 11.2 Å². The molecule has 0 radical (unpaired) electrons. The Morgan fingerprint density at radius 2 is 2.00 bits per heavy atom. The molecule has 4 fully saturated rings. The zero-order chi connectivity index (χ0) is 24.4. The number of nitrogens with zero attached hydrogens (tertiary/aromatic N) is 1. The normalized spacial score (nSPS) is 35.4. The Balaban J connectivity index is 1.41. The fourth-order valence-corrected chi connectivity index (χ4v) is 8.32. The van der Waals surface area contributed by atoms with Gasteiger partial charge in [-0.3, -0.25) is 9.63 Å². The second-order valence-corrected chi connectivity index (χ2v) is 11.1. The number of nitrogens with one attached hydrogen (secondary N) is 1. The minimum absolute atomic E-state index is 0.0371. The Hall–Kier alpha value is -2.45. The first-order valence-corrected chi connectivity index (χ1v) is 12.7. The maximum atomic E-state index is 12.2. The van der Waals surface area contributed by atoms with Gasteiger partial charge in [0.2, 0.25) is 0 Å². The van der Waals surface area contributed by atoms with Crippen molar-refractivity contribution in [1.29, 1.82) is 0 Å². The highest BCUT2D eigenvalue weighted by Gasteiger charge is 2.73. The first kappa shape index (κ1) is 23.0. The summed E-state index contributed by atoms with van der Waals surface area (Å²) in [5, 5.41) is 11.4. The van der Waals surface area contributed by atoms with Crippen LogP contribution in [0.15, 0.2) is 42.5 Å². The number of piperidine rings is 1. The van der Waals surface area contributed by atoms with E-state index in [-0.39, 0.29) is 28.2 Å². The van der Waals surface area contributed by atoms with Crippen LogP contribution in [-0.4, -0.2) is 54.3 Å². The number of hydrogen-bond donors (Lipinski definition) is 3. The molecule has 4 bridgehead atoms. The fourth-order valence-electron chi connectivity index (χ4n) is 8.32. The number of likely N-dealkylation sites (tertiary alicyclic amines) is 1. The number of carbonyl (C=O) groups is 1. The van der Waals surface area contributed by atoms with Gasteiger partial charge in [-0.05, 0) is 74.7 Å². The number of methoxy groups -OCH3 is 1. The molecule has 35 heavy (non-hydrogen) atoms. The number of likely N-dealkylation sites (N-methyl/N-ethyl adjacent to an activating group) is 1. The Morgan fingerprint density at radius 1 is 1.20 bits per heavy atom. The molecular weight excluding hydrogens is 442 g/mol. The molecule has 1 amide bonds. The van der Waals surface area contributed by atoms with E-state index in [1.165, 1.54) is 0 Å². The van der Waals surface area contributed by atoms with Gasteiger partial charge in [0.05, 0.1) is 23.8 Å². The second-order valence-electron chi connectivity index (χ2n) is 11.1. The number of phenols is 1. The van der Waals surface area contributed by atoms with Crippen LogP contribution in [0.5, 0.6) is 5.75 Å². The van der Waals surface area contributed by atoms with Crippen molar-refractivity contribution in [1.82, 2.24) is 10.4 Å². The summed E-state index contributed by atoms with van der Waals surface area (Å²) >= 11 is 0. The molecule has 186 valence electrons. The molecule has 2 aromatic carbocycles. The molecule has 5 atom stereocenters. The average molecular weight is 478 g/mol. The lowest BCUT2D eigenvalue weighted by atomic mass is 9.36. The topological polar surface area (TPSA) is 97.0 Å². The molecule has 1 spiro atoms. The van der Waals surface area contributed by atoms with E-state index in [4.69, 9.17) is 15.3 Å². The van der Waals surface area contributed by atoms with Crippen molar-refractivity contribution < 1.29 is 19.5 Å². The smallest absolute Gasteiger partial charge is 0.252 e. The molecule has 1 aliphatic heterocycles. The summed E-state index contributed by atoms with van der Waals surface area (Å²) in [5.41, 5.74) is 11.8. The van der Waals surface area contributed by atoms with Crippen LogP contribution in [0.4, 0.5) is 0 Å². The van der Waals surface area contributed by atoms with Crippen molar-refractivity contribution in [3.05, 3.63) is 64.7 Å². The van der Waals surface area contributed by atoms with Crippen molar-refractivity contribution in [2.75, 3.05) is 20.7 Å². The number of carbonyl (C=O) groups excluding carboxylic acids is 1. The fraction of sp³-hybridized carbons (Fsp3) is 0.536. The average Bonchev–Trinajstić information content (AvgIpc) is 2.86. The van der Waals surface area contributed by atoms with E-state index in [0.717, 1.165) is 61.8 Å². The summed E-state index contributed by atoms with van der Waals surface area (Å²) in [5.74, 6) is -0.497. The van der Waals surface area contributed by atoms with Gasteiger partial charge in [-0.1, -0.05) is 36.4 Å². The number of rotatable bonds is 6. The molecule has 4 aliphatic carbocycles. The maximum absolute atomic E-state index is 12.2. The third-order valence-corrected chi connectivity index (χ3v) is 9.95. The molecule has 3 saturated carbocycles. The van der Waals surface area contributed by atoms with Gasteiger partial charge in [0.1, 0.15) is 5.75 Å². The van der Waals surface area contributed by atoms with E-state index >= 15 is 0 Å². The third kappa shape index (κ3) is 3.08. The summed E-state index contributed by atoms with van der Waals surface area (Å²) in [7, 11) is 4.03. The van der Waals surface area contributed by atoms with Gasteiger partial charge in [0.25, 0.3) is 5.91 Å². The van der Waals surface area contributed by atoms with Crippen molar-refractivity contribution in [2.45, 2.75) is 68.2 Å². The molecule has 4 N–H and O–H groups in total. The molecule has 5 aliphatic rings. The molecule has 1 saturated heterocycles. The van der Waals surface area contributed by atoms with Gasteiger partial charge in [0.15, 0.2) is 0 Å². The SMILES string of the molecule is COC12CCC3(CC1NOCc1ccccc1)C1Cc4ccc(C(N)=O)c(O)c4C3(CCN1C)C2. The summed E-state index contributed by atoms with van der Waals surface area (Å²) < 4.78 is 6.34. The lowest BCUT2D eigenvalue weighted by molar-refractivity contribution is -0.239. The van der Waals surface area contributed by atoms with Gasteiger partial charge in [-0.25, -0.2) is 0 Å². The van der Waals surface area contributed by atoms with Crippen LogP contribution >= 0.6 is 0 Å². The van der Waals surface area contributed by atoms with Crippen molar-refractivity contribution >= 4 is 5.91 Å². The summed E-state index contributed by atoms with van der Waals surface area (Å²) in [6.45, 7) is 1.44. The third-order valence-electron chi connectivity index (χ3n) is 9.95. The number of hydrogen-bond acceptors (Lipinski definition) is 6. The highest BCUT2D eigenvalue weighted by atomic mass is 16.6. The van der Waals surface area contributed by atoms with E-state index in [2.05, 4.69) is 29.6 Å². The monoisotopic (exact) mass is 477 g/mol. The van der Waals surface area contributed by atoms with Crippen molar-refractivity contribution in [3.8, 4) is 5.75 Å². The molecule has 7 nitrogen and oxygen atoms in total. The maximum Gasteiger partial charge on any atom is 0.252 e. The van der Waals surface area contributed by atoms with E-state index in [1.54, 1.807) is 13.2 Å². The number of fused-ring (bicyclic) bond motifs is 3. The van der Waals surface area contributed by atoms with Gasteiger partial charge in [-0.2, -0.15) is 5.48 Å². The summed E-state index contributed by atoms with van der Waals surface area (Å²) in [6.07, 6.45) is 5.42. The molecule has 0 aromatic heterocycles. The Bertz CT molecular complexity index is 1160. The number of primary amides is 1.